The summed E-state index contributed by atoms with van der Waals surface area (Å²) >= 11 is 0. The first-order valence-corrected chi connectivity index (χ1v) is 4.42. The molecule has 0 unspecified atom stereocenters. The number of amides is 1. The molecule has 0 saturated carbocycles. The summed E-state index contributed by atoms with van der Waals surface area (Å²) in [4.78, 5) is 14.6. The molecule has 0 saturated heterocycles. The predicted molar refractivity (Wildman–Crippen MR) is 51.4 cm³/mol. The monoisotopic (exact) mass is 233 g/mol. The second kappa shape index (κ2) is 4.93. The minimum atomic E-state index is -4.52. The van der Waals surface area contributed by atoms with E-state index in [1.807, 2.05) is 5.32 Å². The first-order chi connectivity index (χ1) is 7.40. The maximum atomic E-state index is 11.9. The van der Waals surface area contributed by atoms with Crippen LogP contribution in [0.5, 0.6) is 0 Å². The lowest BCUT2D eigenvalue weighted by molar-refractivity contribution is -0.150. The van der Waals surface area contributed by atoms with Crippen LogP contribution in [0.4, 0.5) is 19.0 Å². The van der Waals surface area contributed by atoms with Crippen molar-refractivity contribution < 1.29 is 18.0 Å². The zero-order valence-electron chi connectivity index (χ0n) is 8.21. The van der Waals surface area contributed by atoms with Crippen LogP contribution >= 0.6 is 0 Å². The van der Waals surface area contributed by atoms with Gasteiger partial charge in [0, 0.05) is 12.7 Å². The summed E-state index contributed by atoms with van der Waals surface area (Å²) in [7, 11) is 0. The average molecular weight is 233 g/mol. The van der Waals surface area contributed by atoms with Gasteiger partial charge in [-0.15, -0.1) is 0 Å². The standard InChI is InChI=1S/C9H10F3N3O/c10-9(11,12)4-8(16)15-7-3-6(5-13)1-2-14-7/h1-3H,4-5,13H2,(H,14,15,16). The van der Waals surface area contributed by atoms with Crippen LogP contribution in [0.15, 0.2) is 18.3 Å². The Morgan fingerprint density at radius 1 is 1.50 bits per heavy atom. The van der Waals surface area contributed by atoms with Gasteiger partial charge in [-0.25, -0.2) is 4.98 Å². The lowest BCUT2D eigenvalue weighted by Crippen LogP contribution is -2.21. The third-order valence-corrected chi connectivity index (χ3v) is 1.69. The molecule has 7 heteroatoms. The molecule has 3 N–H and O–H groups in total. The van der Waals surface area contributed by atoms with Gasteiger partial charge in [-0.3, -0.25) is 4.79 Å². The number of rotatable bonds is 3. The molecule has 0 aliphatic rings. The van der Waals surface area contributed by atoms with Crippen LogP contribution < -0.4 is 11.1 Å². The van der Waals surface area contributed by atoms with E-state index in [4.69, 9.17) is 5.73 Å². The van der Waals surface area contributed by atoms with E-state index in [0.717, 1.165) is 0 Å². The maximum absolute atomic E-state index is 11.9. The Balaban J connectivity index is 2.62. The van der Waals surface area contributed by atoms with Crippen molar-refractivity contribution in [2.75, 3.05) is 5.32 Å². The van der Waals surface area contributed by atoms with Crippen LogP contribution in [0.25, 0.3) is 0 Å². The van der Waals surface area contributed by atoms with E-state index in [2.05, 4.69) is 4.98 Å². The molecule has 16 heavy (non-hydrogen) atoms. The van der Waals surface area contributed by atoms with Crippen LogP contribution in [0.1, 0.15) is 12.0 Å². The number of hydrogen-bond acceptors (Lipinski definition) is 3. The van der Waals surface area contributed by atoms with Gasteiger partial charge in [0.2, 0.25) is 5.91 Å². The van der Waals surface area contributed by atoms with Gasteiger partial charge in [0.05, 0.1) is 0 Å². The first kappa shape index (κ1) is 12.4. The molecule has 0 aliphatic heterocycles. The van der Waals surface area contributed by atoms with E-state index in [9.17, 15) is 18.0 Å². The molecular formula is C9H10F3N3O. The highest BCUT2D eigenvalue weighted by atomic mass is 19.4. The lowest BCUT2D eigenvalue weighted by atomic mass is 10.2. The minimum Gasteiger partial charge on any atom is -0.326 e. The highest BCUT2D eigenvalue weighted by Crippen LogP contribution is 2.20. The van der Waals surface area contributed by atoms with Gasteiger partial charge in [0.1, 0.15) is 12.2 Å². The van der Waals surface area contributed by atoms with Crippen molar-refractivity contribution in [3.63, 3.8) is 0 Å². The second-order valence-corrected chi connectivity index (χ2v) is 3.09. The van der Waals surface area contributed by atoms with E-state index in [0.29, 0.717) is 5.56 Å². The van der Waals surface area contributed by atoms with Crippen LogP contribution in [-0.2, 0) is 11.3 Å². The van der Waals surface area contributed by atoms with E-state index >= 15 is 0 Å². The normalized spacial score (nSPS) is 11.2. The number of alkyl halides is 3. The molecule has 88 valence electrons. The lowest BCUT2D eigenvalue weighted by Gasteiger charge is -2.07. The summed E-state index contributed by atoms with van der Waals surface area (Å²) in [5.74, 6) is -1.08. The molecule has 0 atom stereocenters. The van der Waals surface area contributed by atoms with Crippen LogP contribution in [0.2, 0.25) is 0 Å². The number of nitrogens with two attached hydrogens (primary N) is 1. The Kier molecular flexibility index (Phi) is 3.83. The highest BCUT2D eigenvalue weighted by Gasteiger charge is 2.31. The van der Waals surface area contributed by atoms with Gasteiger partial charge < -0.3 is 11.1 Å². The first-order valence-electron chi connectivity index (χ1n) is 4.42. The number of aromatic nitrogens is 1. The zero-order valence-corrected chi connectivity index (χ0v) is 8.21. The highest BCUT2D eigenvalue weighted by molar-refractivity contribution is 5.90. The average Bonchev–Trinajstić information content (AvgIpc) is 2.15. The largest absolute Gasteiger partial charge is 0.397 e. The molecule has 1 rings (SSSR count). The van der Waals surface area contributed by atoms with Gasteiger partial charge in [0.15, 0.2) is 0 Å². The fourth-order valence-electron chi connectivity index (χ4n) is 1.04. The smallest absolute Gasteiger partial charge is 0.326 e. The molecule has 0 aromatic carbocycles. The van der Waals surface area contributed by atoms with E-state index in [1.165, 1.54) is 12.3 Å². The summed E-state index contributed by atoms with van der Waals surface area (Å²) < 4.78 is 35.6. The molecule has 1 aromatic rings. The van der Waals surface area contributed by atoms with Gasteiger partial charge in [-0.05, 0) is 17.7 Å². The molecule has 1 heterocycles. The van der Waals surface area contributed by atoms with Gasteiger partial charge >= 0.3 is 6.18 Å². The number of nitrogens with zero attached hydrogens (tertiary/aromatic N) is 1. The summed E-state index contributed by atoms with van der Waals surface area (Å²) in [5, 5.41) is 2.05. The Morgan fingerprint density at radius 2 is 2.19 bits per heavy atom. The molecule has 0 spiro atoms. The number of halogens is 3. The number of nitrogens with one attached hydrogen (secondary N) is 1. The molecule has 0 bridgehead atoms. The van der Waals surface area contributed by atoms with Crippen molar-refractivity contribution in [3.8, 4) is 0 Å². The van der Waals surface area contributed by atoms with Crippen molar-refractivity contribution in [2.45, 2.75) is 19.1 Å². The summed E-state index contributed by atoms with van der Waals surface area (Å²) in [6.07, 6.45) is -4.68. The summed E-state index contributed by atoms with van der Waals surface area (Å²) in [6.45, 7) is 0.227. The van der Waals surface area contributed by atoms with Crippen molar-refractivity contribution in [3.05, 3.63) is 23.9 Å². The quantitative estimate of drug-likeness (QED) is 0.829. The van der Waals surface area contributed by atoms with Crippen molar-refractivity contribution >= 4 is 11.7 Å². The molecule has 0 aliphatic carbocycles. The van der Waals surface area contributed by atoms with Gasteiger partial charge in [-0.1, -0.05) is 0 Å². The van der Waals surface area contributed by atoms with Crippen molar-refractivity contribution in [1.29, 1.82) is 0 Å². The van der Waals surface area contributed by atoms with Gasteiger partial charge in [0.25, 0.3) is 0 Å². The Bertz CT molecular complexity index is 379. The minimum absolute atomic E-state index is 0.0669. The molecule has 0 radical (unpaired) electrons. The Labute approximate surface area is 89.7 Å². The Hall–Kier alpha value is -1.63. The number of pyridine rings is 1. The molecule has 1 aromatic heterocycles. The Morgan fingerprint density at radius 3 is 2.75 bits per heavy atom. The topological polar surface area (TPSA) is 68.0 Å². The van der Waals surface area contributed by atoms with Crippen molar-refractivity contribution in [2.24, 2.45) is 5.73 Å². The third kappa shape index (κ3) is 4.26. The number of anilines is 1. The molecule has 0 fully saturated rings. The number of hydrogen-bond donors (Lipinski definition) is 2. The second-order valence-electron chi connectivity index (χ2n) is 3.09. The fraction of sp³-hybridized carbons (Fsp3) is 0.333. The third-order valence-electron chi connectivity index (χ3n) is 1.69. The van der Waals surface area contributed by atoms with E-state index in [1.54, 1.807) is 6.07 Å². The van der Waals surface area contributed by atoms with Crippen LogP contribution in [0.3, 0.4) is 0 Å². The predicted octanol–water partition coefficient (Wildman–Crippen LogP) is 1.43. The SMILES string of the molecule is NCc1ccnc(NC(=O)CC(F)(F)F)c1. The van der Waals surface area contributed by atoms with E-state index < -0.39 is 18.5 Å². The van der Waals surface area contributed by atoms with E-state index in [-0.39, 0.29) is 12.4 Å². The number of carbonyl (C=O) groups is 1. The summed E-state index contributed by atoms with van der Waals surface area (Å²) in [5.41, 5.74) is 6.01. The van der Waals surface area contributed by atoms with Crippen LogP contribution in [0, 0.1) is 0 Å². The van der Waals surface area contributed by atoms with Crippen LogP contribution in [-0.4, -0.2) is 17.1 Å². The van der Waals surface area contributed by atoms with Gasteiger partial charge in [-0.2, -0.15) is 13.2 Å². The summed E-state index contributed by atoms with van der Waals surface area (Å²) in [6, 6.07) is 3.04. The van der Waals surface area contributed by atoms with Crippen molar-refractivity contribution in [1.82, 2.24) is 4.98 Å². The fourth-order valence-corrected chi connectivity index (χ4v) is 1.04. The number of carbonyl (C=O) groups excluding carboxylic acids is 1. The molecular weight excluding hydrogens is 223 g/mol. The molecule has 4 nitrogen and oxygen atoms in total. The zero-order chi connectivity index (χ0) is 12.2. The molecule has 1 amide bonds. The maximum Gasteiger partial charge on any atom is 0.397 e.